The van der Waals surface area contributed by atoms with Crippen LogP contribution in [0.5, 0.6) is 5.75 Å². The maximum atomic E-state index is 13.1. The number of primary amides is 1. The van der Waals surface area contributed by atoms with Crippen molar-refractivity contribution in [2.24, 2.45) is 11.5 Å². The van der Waals surface area contributed by atoms with Crippen molar-refractivity contribution in [3.8, 4) is 5.75 Å². The molecule has 0 radical (unpaired) electrons. The van der Waals surface area contributed by atoms with E-state index in [0.717, 1.165) is 6.07 Å². The first-order valence-electron chi connectivity index (χ1n) is 5.71. The zero-order valence-electron chi connectivity index (χ0n) is 10.5. The second-order valence-corrected chi connectivity index (χ2v) is 3.84. The van der Waals surface area contributed by atoms with Crippen LogP contribution in [0.4, 0.5) is 10.1 Å². The van der Waals surface area contributed by atoms with Crippen molar-refractivity contribution in [2.75, 3.05) is 11.9 Å². The fourth-order valence-corrected chi connectivity index (χ4v) is 1.41. The van der Waals surface area contributed by atoms with Gasteiger partial charge in [0.2, 0.25) is 11.8 Å². The first-order valence-corrected chi connectivity index (χ1v) is 5.71. The molecule has 6 nitrogen and oxygen atoms in total. The van der Waals surface area contributed by atoms with Gasteiger partial charge in [0.05, 0.1) is 24.8 Å². The Morgan fingerprint density at radius 1 is 1.47 bits per heavy atom. The van der Waals surface area contributed by atoms with E-state index in [0.29, 0.717) is 6.61 Å². The largest absolute Gasteiger partial charge is 0.492 e. The lowest BCUT2D eigenvalue weighted by Gasteiger charge is -2.14. The third-order valence-corrected chi connectivity index (χ3v) is 2.26. The maximum absolute atomic E-state index is 13.1. The Morgan fingerprint density at radius 3 is 2.74 bits per heavy atom. The lowest BCUT2D eigenvalue weighted by atomic mass is 10.2. The average molecular weight is 269 g/mol. The topological polar surface area (TPSA) is 107 Å². The molecular formula is C12H16FN3O3. The molecule has 0 aliphatic rings. The lowest BCUT2D eigenvalue weighted by Crippen LogP contribution is -2.39. The second kappa shape index (κ2) is 6.69. The molecule has 0 heterocycles. The number of carbonyl (C=O) groups is 2. The number of nitrogens with two attached hydrogens (primary N) is 2. The van der Waals surface area contributed by atoms with Crippen LogP contribution in [-0.4, -0.2) is 24.5 Å². The fraction of sp³-hybridized carbons (Fsp3) is 0.333. The predicted molar refractivity (Wildman–Crippen MR) is 68.0 cm³/mol. The number of benzene rings is 1. The molecule has 1 aromatic carbocycles. The van der Waals surface area contributed by atoms with Gasteiger partial charge < -0.3 is 21.5 Å². The third kappa shape index (κ3) is 4.55. The number of rotatable bonds is 6. The molecular weight excluding hydrogens is 253 g/mol. The van der Waals surface area contributed by atoms with Crippen LogP contribution in [0.1, 0.15) is 13.3 Å². The van der Waals surface area contributed by atoms with Crippen molar-refractivity contribution >= 4 is 17.5 Å². The highest BCUT2D eigenvalue weighted by Gasteiger charge is 2.17. The first kappa shape index (κ1) is 14.9. The normalized spacial score (nSPS) is 11.7. The summed E-state index contributed by atoms with van der Waals surface area (Å²) in [5.74, 6) is -1.55. The number of anilines is 1. The number of nitrogens with one attached hydrogen (secondary N) is 1. The summed E-state index contributed by atoms with van der Waals surface area (Å²) in [5.41, 5.74) is 10.7. The van der Waals surface area contributed by atoms with E-state index >= 15 is 0 Å². The van der Waals surface area contributed by atoms with Crippen LogP contribution in [0.3, 0.4) is 0 Å². The van der Waals surface area contributed by atoms with Crippen molar-refractivity contribution < 1.29 is 18.7 Å². The molecule has 7 heteroatoms. The van der Waals surface area contributed by atoms with Gasteiger partial charge in [-0.15, -0.1) is 0 Å². The van der Waals surface area contributed by atoms with Crippen molar-refractivity contribution in [1.29, 1.82) is 0 Å². The molecule has 1 atom stereocenters. The van der Waals surface area contributed by atoms with Crippen LogP contribution in [0.25, 0.3) is 0 Å². The Kier molecular flexibility index (Phi) is 5.25. The summed E-state index contributed by atoms with van der Waals surface area (Å²) in [6.07, 6.45) is -0.267. The molecule has 1 unspecified atom stereocenters. The molecule has 104 valence electrons. The lowest BCUT2D eigenvalue weighted by molar-refractivity contribution is -0.123. The van der Waals surface area contributed by atoms with Gasteiger partial charge >= 0.3 is 0 Å². The van der Waals surface area contributed by atoms with E-state index < -0.39 is 23.7 Å². The van der Waals surface area contributed by atoms with Crippen molar-refractivity contribution in [2.45, 2.75) is 19.4 Å². The van der Waals surface area contributed by atoms with E-state index in [-0.39, 0.29) is 17.9 Å². The highest BCUT2D eigenvalue weighted by atomic mass is 19.1. The molecule has 0 bridgehead atoms. The molecule has 0 fully saturated rings. The van der Waals surface area contributed by atoms with E-state index in [1.54, 1.807) is 6.92 Å². The van der Waals surface area contributed by atoms with Crippen LogP contribution >= 0.6 is 0 Å². The quantitative estimate of drug-likeness (QED) is 0.693. The number of ether oxygens (including phenoxy) is 1. The molecule has 0 saturated carbocycles. The van der Waals surface area contributed by atoms with Gasteiger partial charge in [-0.2, -0.15) is 0 Å². The van der Waals surface area contributed by atoms with Crippen LogP contribution in [0.15, 0.2) is 18.2 Å². The Hall–Kier alpha value is -2.15. The maximum Gasteiger partial charge on any atom is 0.241 e. The van der Waals surface area contributed by atoms with Gasteiger partial charge in [-0.1, -0.05) is 0 Å². The standard InChI is InChI=1S/C12H16FN3O3/c1-2-19-10-5-7(13)3-4-9(10)16-12(18)8(14)6-11(15)17/h3-5,8H,2,6,14H2,1H3,(H2,15,17)(H,16,18). The Bertz CT molecular complexity index is 479. The number of amides is 2. The van der Waals surface area contributed by atoms with Crippen molar-refractivity contribution in [3.05, 3.63) is 24.0 Å². The van der Waals surface area contributed by atoms with Crippen LogP contribution in [-0.2, 0) is 9.59 Å². The Morgan fingerprint density at radius 2 is 2.16 bits per heavy atom. The summed E-state index contributed by atoms with van der Waals surface area (Å²) < 4.78 is 18.3. The molecule has 5 N–H and O–H groups in total. The minimum atomic E-state index is -1.06. The van der Waals surface area contributed by atoms with Gasteiger partial charge in [0.15, 0.2) is 0 Å². The number of carbonyl (C=O) groups excluding carboxylic acids is 2. The smallest absolute Gasteiger partial charge is 0.241 e. The van der Waals surface area contributed by atoms with Gasteiger partial charge in [-0.25, -0.2) is 4.39 Å². The SMILES string of the molecule is CCOc1cc(F)ccc1NC(=O)C(N)CC(N)=O. The van der Waals surface area contributed by atoms with Gasteiger partial charge in [0.25, 0.3) is 0 Å². The minimum Gasteiger partial charge on any atom is -0.492 e. The third-order valence-electron chi connectivity index (χ3n) is 2.26. The predicted octanol–water partition coefficient (Wildman–Crippen LogP) is 0.366. The van der Waals surface area contributed by atoms with E-state index in [4.69, 9.17) is 16.2 Å². The molecule has 0 aliphatic heterocycles. The van der Waals surface area contributed by atoms with Crippen LogP contribution in [0.2, 0.25) is 0 Å². The highest BCUT2D eigenvalue weighted by Crippen LogP contribution is 2.25. The number of hydrogen-bond donors (Lipinski definition) is 3. The molecule has 0 spiro atoms. The van der Waals surface area contributed by atoms with Crippen molar-refractivity contribution in [1.82, 2.24) is 0 Å². The van der Waals surface area contributed by atoms with E-state index in [1.807, 2.05) is 0 Å². The molecule has 19 heavy (non-hydrogen) atoms. The first-order chi connectivity index (χ1) is 8.93. The zero-order chi connectivity index (χ0) is 14.4. The van der Waals surface area contributed by atoms with E-state index in [1.165, 1.54) is 12.1 Å². The number of halogens is 1. The van der Waals surface area contributed by atoms with Crippen LogP contribution < -0.4 is 21.5 Å². The van der Waals surface area contributed by atoms with E-state index in [2.05, 4.69) is 5.32 Å². The molecule has 1 aromatic rings. The molecule has 0 saturated heterocycles. The monoisotopic (exact) mass is 269 g/mol. The highest BCUT2D eigenvalue weighted by molar-refractivity contribution is 5.98. The second-order valence-electron chi connectivity index (χ2n) is 3.84. The Balaban J connectivity index is 2.81. The summed E-state index contributed by atoms with van der Waals surface area (Å²) in [4.78, 5) is 22.4. The molecule has 0 aromatic heterocycles. The molecule has 1 rings (SSSR count). The van der Waals surface area contributed by atoms with Crippen LogP contribution in [0, 0.1) is 5.82 Å². The van der Waals surface area contributed by atoms with E-state index in [9.17, 15) is 14.0 Å². The summed E-state index contributed by atoms with van der Waals surface area (Å²) >= 11 is 0. The van der Waals surface area contributed by atoms with Gasteiger partial charge in [0, 0.05) is 6.07 Å². The summed E-state index contributed by atoms with van der Waals surface area (Å²) in [6, 6.07) is 2.63. The molecule has 0 aliphatic carbocycles. The fourth-order valence-electron chi connectivity index (χ4n) is 1.41. The summed E-state index contributed by atoms with van der Waals surface area (Å²) in [6.45, 7) is 2.05. The molecule has 2 amide bonds. The summed E-state index contributed by atoms with van der Waals surface area (Å²) in [5, 5.41) is 2.46. The summed E-state index contributed by atoms with van der Waals surface area (Å²) in [7, 11) is 0. The zero-order valence-corrected chi connectivity index (χ0v) is 10.5. The Labute approximate surface area is 109 Å². The number of hydrogen-bond acceptors (Lipinski definition) is 4. The van der Waals surface area contributed by atoms with Gasteiger partial charge in [-0.05, 0) is 19.1 Å². The van der Waals surface area contributed by atoms with Gasteiger partial charge in [-0.3, -0.25) is 9.59 Å². The van der Waals surface area contributed by atoms with Gasteiger partial charge in [0.1, 0.15) is 11.6 Å². The average Bonchev–Trinajstić information content (AvgIpc) is 2.32. The minimum absolute atomic E-state index is 0.196. The van der Waals surface area contributed by atoms with Crippen molar-refractivity contribution in [3.63, 3.8) is 0 Å².